The van der Waals surface area contributed by atoms with Crippen molar-refractivity contribution in [3.05, 3.63) is 23.8 Å². The second-order valence-electron chi connectivity index (χ2n) is 9.45. The fourth-order valence-corrected chi connectivity index (χ4v) is 7.65. The number of ether oxygens (including phenoxy) is 1. The maximum Gasteiger partial charge on any atom is 0.313 e. The van der Waals surface area contributed by atoms with Crippen LogP contribution in [0.5, 0.6) is 0 Å². The van der Waals surface area contributed by atoms with Crippen molar-refractivity contribution in [2.45, 2.75) is 52.6 Å². The van der Waals surface area contributed by atoms with Gasteiger partial charge < -0.3 is 4.74 Å². The number of fused-ring (bicyclic) bond motifs is 1. The summed E-state index contributed by atoms with van der Waals surface area (Å²) in [7, 11) is 0. The molecule has 3 heteroatoms. The van der Waals surface area contributed by atoms with Gasteiger partial charge in [-0.05, 0) is 50.0 Å². The first-order valence-electron chi connectivity index (χ1n) is 9.31. The van der Waals surface area contributed by atoms with Crippen LogP contribution in [-0.2, 0) is 14.3 Å². The fourth-order valence-electron chi connectivity index (χ4n) is 7.65. The highest BCUT2D eigenvalue weighted by Crippen LogP contribution is 2.77. The summed E-state index contributed by atoms with van der Waals surface area (Å²) < 4.78 is 6.21. The van der Waals surface area contributed by atoms with Crippen LogP contribution in [0.2, 0.25) is 0 Å². The molecule has 5 aliphatic rings. The maximum atomic E-state index is 13.0. The molecule has 1 saturated heterocycles. The summed E-state index contributed by atoms with van der Waals surface area (Å²) in [5, 5.41) is 0. The highest BCUT2D eigenvalue weighted by atomic mass is 16.6. The van der Waals surface area contributed by atoms with E-state index in [1.54, 1.807) is 0 Å². The zero-order chi connectivity index (χ0) is 17.2. The smallest absolute Gasteiger partial charge is 0.313 e. The van der Waals surface area contributed by atoms with Crippen molar-refractivity contribution in [3.8, 4) is 0 Å². The zero-order valence-corrected chi connectivity index (χ0v) is 15.0. The average Bonchev–Trinajstić information content (AvgIpc) is 2.99. The number of esters is 1. The van der Waals surface area contributed by atoms with Crippen molar-refractivity contribution < 1.29 is 14.3 Å². The largest absolute Gasteiger partial charge is 0.454 e. The van der Waals surface area contributed by atoms with Crippen molar-refractivity contribution in [3.63, 3.8) is 0 Å². The summed E-state index contributed by atoms with van der Waals surface area (Å²) in [6.45, 7) is 12.9. The number of Topliss-reactive ketones (excluding diaryl/α,β-unsaturated/α-hetero) is 1. The van der Waals surface area contributed by atoms with Gasteiger partial charge in [-0.15, -0.1) is 0 Å². The number of ketones is 1. The Hall–Kier alpha value is -1.38. The molecule has 4 bridgehead atoms. The molecule has 3 nitrogen and oxygen atoms in total. The molecule has 5 rings (SSSR count). The van der Waals surface area contributed by atoms with E-state index in [9.17, 15) is 9.59 Å². The van der Waals surface area contributed by atoms with Gasteiger partial charge in [0.05, 0.1) is 5.41 Å². The van der Waals surface area contributed by atoms with Gasteiger partial charge in [-0.3, -0.25) is 9.59 Å². The predicted molar refractivity (Wildman–Crippen MR) is 89.9 cm³/mol. The van der Waals surface area contributed by atoms with Crippen molar-refractivity contribution in [1.29, 1.82) is 0 Å². The Balaban J connectivity index is 1.78. The summed E-state index contributed by atoms with van der Waals surface area (Å²) >= 11 is 0. The monoisotopic (exact) mass is 326 g/mol. The van der Waals surface area contributed by atoms with Crippen LogP contribution >= 0.6 is 0 Å². The number of rotatable bonds is 0. The zero-order valence-electron chi connectivity index (χ0n) is 15.0. The lowest BCUT2D eigenvalue weighted by molar-refractivity contribution is -0.158. The molecule has 0 aromatic rings. The van der Waals surface area contributed by atoms with Gasteiger partial charge in [0.25, 0.3) is 0 Å². The van der Waals surface area contributed by atoms with E-state index in [4.69, 9.17) is 4.74 Å². The molecule has 3 saturated carbocycles. The van der Waals surface area contributed by atoms with Crippen molar-refractivity contribution in [2.24, 2.45) is 40.4 Å². The van der Waals surface area contributed by atoms with E-state index in [0.717, 1.165) is 18.4 Å². The number of allylic oxidation sites excluding steroid dienone is 2. The second-order valence-corrected chi connectivity index (χ2v) is 9.45. The maximum absolute atomic E-state index is 13.0. The van der Waals surface area contributed by atoms with Crippen molar-refractivity contribution in [2.75, 3.05) is 0 Å². The van der Waals surface area contributed by atoms with Gasteiger partial charge in [0, 0.05) is 24.2 Å². The van der Waals surface area contributed by atoms with Crippen LogP contribution in [0.25, 0.3) is 0 Å². The van der Waals surface area contributed by atoms with Crippen LogP contribution in [0.15, 0.2) is 23.8 Å². The number of carbonyl (C=O) groups is 2. The molecule has 128 valence electrons. The van der Waals surface area contributed by atoms with E-state index in [1.807, 2.05) is 0 Å². The quantitative estimate of drug-likeness (QED) is 0.504. The molecular weight excluding hydrogens is 300 g/mol. The van der Waals surface area contributed by atoms with Gasteiger partial charge >= 0.3 is 5.97 Å². The Morgan fingerprint density at radius 2 is 2.00 bits per heavy atom. The molecule has 0 radical (unpaired) electrons. The van der Waals surface area contributed by atoms with Gasteiger partial charge in [-0.1, -0.05) is 31.6 Å². The fraction of sp³-hybridized carbons (Fsp3) is 0.714. The van der Waals surface area contributed by atoms with Gasteiger partial charge in [-0.25, -0.2) is 0 Å². The molecule has 5 unspecified atom stereocenters. The van der Waals surface area contributed by atoms with Gasteiger partial charge in [0.15, 0.2) is 0 Å². The highest BCUT2D eigenvalue weighted by Gasteiger charge is 2.80. The van der Waals surface area contributed by atoms with E-state index in [0.29, 0.717) is 18.1 Å². The van der Waals surface area contributed by atoms with Crippen molar-refractivity contribution in [1.82, 2.24) is 0 Å². The topological polar surface area (TPSA) is 43.4 Å². The average molecular weight is 326 g/mol. The first-order valence-corrected chi connectivity index (χ1v) is 9.31. The first-order chi connectivity index (χ1) is 11.2. The lowest BCUT2D eigenvalue weighted by Crippen LogP contribution is -2.48. The molecule has 4 aliphatic carbocycles. The standard InChI is InChI=1S/C21H26O3/c1-10-8-21-16-6-15(22)14-9-20(16,7-11(14)2)13(4)17(21)19(5,12(10)3)18(23)24-21/h8,12-14,16-17H,2,6-7,9H2,1,3-5H3/t12?,13-,14+,16?,17?,19?,20+,21?/m0/s1. The molecular formula is C21H26O3. The molecule has 1 spiro atoms. The van der Waals surface area contributed by atoms with E-state index in [2.05, 4.69) is 40.3 Å². The third-order valence-electron chi connectivity index (χ3n) is 8.95. The Labute approximate surface area is 143 Å². The Morgan fingerprint density at radius 3 is 2.71 bits per heavy atom. The molecule has 1 aliphatic heterocycles. The Morgan fingerprint density at radius 1 is 1.29 bits per heavy atom. The minimum atomic E-state index is -0.562. The van der Waals surface area contributed by atoms with Crippen LogP contribution in [0.1, 0.15) is 47.0 Å². The second kappa shape index (κ2) is 3.89. The molecule has 0 amide bonds. The van der Waals surface area contributed by atoms with Crippen LogP contribution in [0, 0.1) is 40.4 Å². The molecule has 0 aromatic heterocycles. The van der Waals surface area contributed by atoms with Crippen LogP contribution in [0.4, 0.5) is 0 Å². The molecule has 1 heterocycles. The normalized spacial score (nSPS) is 57.6. The van der Waals surface area contributed by atoms with Gasteiger partial charge in [0.1, 0.15) is 11.4 Å². The van der Waals surface area contributed by atoms with E-state index in [1.165, 1.54) is 5.57 Å². The Kier molecular flexibility index (Phi) is 2.42. The summed E-state index contributed by atoms with van der Waals surface area (Å²) in [5.74, 6) is 1.18. The van der Waals surface area contributed by atoms with Gasteiger partial charge in [0.2, 0.25) is 0 Å². The van der Waals surface area contributed by atoms with Crippen LogP contribution in [0.3, 0.4) is 0 Å². The van der Waals surface area contributed by atoms with E-state index in [-0.39, 0.29) is 35.1 Å². The highest BCUT2D eigenvalue weighted by molar-refractivity contribution is 5.88. The van der Waals surface area contributed by atoms with E-state index < -0.39 is 11.0 Å². The van der Waals surface area contributed by atoms with Crippen LogP contribution in [-0.4, -0.2) is 17.4 Å². The summed E-state index contributed by atoms with van der Waals surface area (Å²) in [4.78, 5) is 25.7. The lowest BCUT2D eigenvalue weighted by atomic mass is 9.57. The molecule has 8 atom stereocenters. The summed E-state index contributed by atoms with van der Waals surface area (Å²) in [6, 6.07) is 0. The number of hydrogen-bond donors (Lipinski definition) is 0. The third kappa shape index (κ3) is 1.22. The molecule has 0 aromatic carbocycles. The molecule has 4 fully saturated rings. The SMILES string of the molecule is C=C1C[C@]23C[C@H]1C(=O)CC2C12C=C(C)C(C)C(C)(C(=O)O1)C2[C@@H]3C. The molecule has 24 heavy (non-hydrogen) atoms. The van der Waals surface area contributed by atoms with E-state index >= 15 is 0 Å². The number of carbonyl (C=O) groups excluding carboxylic acids is 2. The van der Waals surface area contributed by atoms with Crippen LogP contribution < -0.4 is 0 Å². The minimum absolute atomic E-state index is 0.0461. The minimum Gasteiger partial charge on any atom is -0.454 e. The van der Waals surface area contributed by atoms with Crippen molar-refractivity contribution >= 4 is 11.8 Å². The summed E-state index contributed by atoms with van der Waals surface area (Å²) in [6.07, 6.45) is 4.64. The third-order valence-corrected chi connectivity index (χ3v) is 8.95. The number of hydrogen-bond acceptors (Lipinski definition) is 3. The lowest BCUT2D eigenvalue weighted by Gasteiger charge is -2.43. The first kappa shape index (κ1) is 14.9. The Bertz CT molecular complexity index is 748. The summed E-state index contributed by atoms with van der Waals surface area (Å²) in [5.41, 5.74) is 1.42. The van der Waals surface area contributed by atoms with Gasteiger partial charge in [-0.2, -0.15) is 0 Å². The molecule has 0 N–H and O–H groups in total. The predicted octanol–water partition coefficient (Wildman–Crippen LogP) is 3.69.